The summed E-state index contributed by atoms with van der Waals surface area (Å²) in [6, 6.07) is 0. The van der Waals surface area contributed by atoms with E-state index in [0.29, 0.717) is 0 Å². The number of hydrogen-bond donors (Lipinski definition) is 0. The van der Waals surface area contributed by atoms with Gasteiger partial charge in [-0.3, -0.25) is 9.59 Å². The molecule has 0 aliphatic rings. The molecule has 0 radical (unpaired) electrons. The molecule has 0 amide bonds. The van der Waals surface area contributed by atoms with Crippen molar-refractivity contribution in [3.8, 4) is 0 Å². The van der Waals surface area contributed by atoms with Crippen molar-refractivity contribution in [3.63, 3.8) is 0 Å². The van der Waals surface area contributed by atoms with E-state index in [2.05, 4.69) is 20.8 Å². The van der Waals surface area contributed by atoms with E-state index in [1.54, 1.807) is 6.92 Å². The highest BCUT2D eigenvalue weighted by molar-refractivity contribution is 5.81. The van der Waals surface area contributed by atoms with Gasteiger partial charge in [-0.25, -0.2) is 4.79 Å². The maximum atomic E-state index is 11.0. The maximum absolute atomic E-state index is 11.0. The topological polar surface area (TPSA) is 78.9 Å². The Morgan fingerprint density at radius 3 is 2.12 bits per heavy atom. The Bertz CT molecular complexity index is 270. The van der Waals surface area contributed by atoms with Gasteiger partial charge in [-0.15, -0.1) is 0 Å². The molecule has 0 aliphatic carbocycles. The molecule has 0 saturated heterocycles. The highest BCUT2D eigenvalue weighted by atomic mass is 16.7. The number of carbonyl (C=O) groups excluding carboxylic acids is 3. The summed E-state index contributed by atoms with van der Waals surface area (Å²) in [5, 5.41) is 0. The SMILES string of the molecule is C=CC(=O)OCOC(=O)CCC(=O)OCC. The molecule has 90 valence electrons. The van der Waals surface area contributed by atoms with Crippen LogP contribution in [0.25, 0.3) is 0 Å². The molecule has 0 aliphatic heterocycles. The molecule has 0 unspecified atom stereocenters. The van der Waals surface area contributed by atoms with Crippen LogP contribution in [-0.4, -0.2) is 31.3 Å². The number of esters is 3. The average molecular weight is 230 g/mol. The van der Waals surface area contributed by atoms with Crippen LogP contribution in [0.4, 0.5) is 0 Å². The summed E-state index contributed by atoms with van der Waals surface area (Å²) < 4.78 is 13.5. The van der Waals surface area contributed by atoms with Crippen LogP contribution in [-0.2, 0) is 28.6 Å². The second-order valence-electron chi connectivity index (χ2n) is 2.61. The lowest BCUT2D eigenvalue weighted by Gasteiger charge is -2.04. The third-order valence-electron chi connectivity index (χ3n) is 1.43. The number of ether oxygens (including phenoxy) is 3. The van der Waals surface area contributed by atoms with Gasteiger partial charge in [0.15, 0.2) is 0 Å². The summed E-state index contributed by atoms with van der Waals surface area (Å²) in [5.74, 6) is -1.79. The van der Waals surface area contributed by atoms with Gasteiger partial charge in [0.2, 0.25) is 6.79 Å². The Labute approximate surface area is 93.2 Å². The van der Waals surface area contributed by atoms with Crippen LogP contribution in [0.1, 0.15) is 19.8 Å². The largest absolute Gasteiger partial charge is 0.466 e. The normalized spacial score (nSPS) is 9.06. The third kappa shape index (κ3) is 7.54. The monoisotopic (exact) mass is 230 g/mol. The van der Waals surface area contributed by atoms with Gasteiger partial charge >= 0.3 is 17.9 Å². The first-order valence-corrected chi connectivity index (χ1v) is 4.70. The standard InChI is InChI=1S/C10H14O6/c1-3-8(11)15-7-16-10(13)6-5-9(12)14-4-2/h3H,1,4-7H2,2H3. The van der Waals surface area contributed by atoms with Crippen molar-refractivity contribution >= 4 is 17.9 Å². The van der Waals surface area contributed by atoms with Gasteiger partial charge in [0.25, 0.3) is 0 Å². The molecular formula is C10H14O6. The Kier molecular flexibility index (Phi) is 7.48. The highest BCUT2D eigenvalue weighted by Crippen LogP contribution is 1.96. The van der Waals surface area contributed by atoms with Crippen molar-refractivity contribution in [2.45, 2.75) is 19.8 Å². The molecule has 6 nitrogen and oxygen atoms in total. The van der Waals surface area contributed by atoms with E-state index in [-0.39, 0.29) is 19.4 Å². The van der Waals surface area contributed by atoms with Crippen LogP contribution in [0.5, 0.6) is 0 Å². The molecule has 0 bridgehead atoms. The summed E-state index contributed by atoms with van der Waals surface area (Å²) in [6.07, 6.45) is 0.791. The lowest BCUT2D eigenvalue weighted by Crippen LogP contribution is -2.13. The van der Waals surface area contributed by atoms with E-state index in [1.165, 1.54) is 0 Å². The zero-order valence-electron chi connectivity index (χ0n) is 9.06. The van der Waals surface area contributed by atoms with Gasteiger partial charge in [0, 0.05) is 6.08 Å². The first kappa shape index (κ1) is 14.2. The predicted molar refractivity (Wildman–Crippen MR) is 53.1 cm³/mol. The fourth-order valence-electron chi connectivity index (χ4n) is 0.722. The number of hydrogen-bond acceptors (Lipinski definition) is 6. The molecule has 6 heteroatoms. The molecule has 0 heterocycles. The van der Waals surface area contributed by atoms with Crippen molar-refractivity contribution in [3.05, 3.63) is 12.7 Å². The van der Waals surface area contributed by atoms with Crippen LogP contribution in [0.2, 0.25) is 0 Å². The maximum Gasteiger partial charge on any atom is 0.333 e. The fraction of sp³-hybridized carbons (Fsp3) is 0.500. The van der Waals surface area contributed by atoms with Crippen LogP contribution in [0.15, 0.2) is 12.7 Å². The Morgan fingerprint density at radius 2 is 1.62 bits per heavy atom. The van der Waals surface area contributed by atoms with E-state index in [0.717, 1.165) is 6.08 Å². The lowest BCUT2D eigenvalue weighted by atomic mass is 10.3. The fourth-order valence-corrected chi connectivity index (χ4v) is 0.722. The first-order valence-electron chi connectivity index (χ1n) is 4.70. The van der Waals surface area contributed by atoms with Gasteiger partial charge in [-0.2, -0.15) is 0 Å². The van der Waals surface area contributed by atoms with E-state index in [9.17, 15) is 14.4 Å². The van der Waals surface area contributed by atoms with Gasteiger partial charge in [0.1, 0.15) is 0 Å². The second kappa shape index (κ2) is 8.46. The Morgan fingerprint density at radius 1 is 1.06 bits per heavy atom. The van der Waals surface area contributed by atoms with Crippen LogP contribution >= 0.6 is 0 Å². The summed E-state index contributed by atoms with van der Waals surface area (Å²) >= 11 is 0. The number of rotatable bonds is 7. The summed E-state index contributed by atoms with van der Waals surface area (Å²) in [6.45, 7) is 4.62. The third-order valence-corrected chi connectivity index (χ3v) is 1.43. The molecule has 16 heavy (non-hydrogen) atoms. The van der Waals surface area contributed by atoms with E-state index in [4.69, 9.17) is 0 Å². The highest BCUT2D eigenvalue weighted by Gasteiger charge is 2.08. The second-order valence-corrected chi connectivity index (χ2v) is 2.61. The Balaban J connectivity index is 3.55. The molecule has 0 spiro atoms. The molecule has 0 rings (SSSR count). The van der Waals surface area contributed by atoms with Crippen molar-refractivity contribution in [2.75, 3.05) is 13.4 Å². The quantitative estimate of drug-likeness (QED) is 0.361. The molecule has 0 saturated carbocycles. The summed E-state index contributed by atoms with van der Waals surface area (Å²) in [7, 11) is 0. The van der Waals surface area contributed by atoms with Crippen molar-refractivity contribution in [1.82, 2.24) is 0 Å². The number of carbonyl (C=O) groups is 3. The average Bonchev–Trinajstić information content (AvgIpc) is 2.26. The Hall–Kier alpha value is -1.85. The van der Waals surface area contributed by atoms with Gasteiger partial charge in [-0.05, 0) is 6.92 Å². The van der Waals surface area contributed by atoms with Crippen molar-refractivity contribution < 1.29 is 28.6 Å². The van der Waals surface area contributed by atoms with E-state index in [1.807, 2.05) is 0 Å². The van der Waals surface area contributed by atoms with E-state index >= 15 is 0 Å². The minimum atomic E-state index is -0.682. The molecular weight excluding hydrogens is 216 g/mol. The molecule has 0 atom stereocenters. The van der Waals surface area contributed by atoms with Crippen molar-refractivity contribution in [2.24, 2.45) is 0 Å². The minimum absolute atomic E-state index is 0.0535. The van der Waals surface area contributed by atoms with Gasteiger partial charge < -0.3 is 14.2 Å². The zero-order chi connectivity index (χ0) is 12.4. The predicted octanol–water partition coefficient (Wildman–Crippen LogP) is 0.560. The smallest absolute Gasteiger partial charge is 0.333 e. The molecule has 0 aromatic rings. The molecule has 0 aromatic carbocycles. The van der Waals surface area contributed by atoms with Crippen LogP contribution < -0.4 is 0 Å². The van der Waals surface area contributed by atoms with Crippen LogP contribution in [0, 0.1) is 0 Å². The van der Waals surface area contributed by atoms with Gasteiger partial charge in [0.05, 0.1) is 19.4 Å². The molecule has 0 aromatic heterocycles. The van der Waals surface area contributed by atoms with Gasteiger partial charge in [-0.1, -0.05) is 6.58 Å². The summed E-state index contributed by atoms with van der Waals surface area (Å²) in [5.41, 5.74) is 0. The zero-order valence-corrected chi connectivity index (χ0v) is 9.06. The molecule has 0 N–H and O–H groups in total. The van der Waals surface area contributed by atoms with Crippen LogP contribution in [0.3, 0.4) is 0 Å². The van der Waals surface area contributed by atoms with E-state index < -0.39 is 24.7 Å². The first-order chi connectivity index (χ1) is 7.60. The summed E-state index contributed by atoms with van der Waals surface area (Å²) in [4.78, 5) is 32.4. The lowest BCUT2D eigenvalue weighted by molar-refractivity contribution is -0.165. The van der Waals surface area contributed by atoms with Crippen molar-refractivity contribution in [1.29, 1.82) is 0 Å². The minimum Gasteiger partial charge on any atom is -0.466 e. The molecule has 0 fully saturated rings.